The summed E-state index contributed by atoms with van der Waals surface area (Å²) in [5.74, 6) is 0.541. The molecule has 3 N–H and O–H groups in total. The standard InChI is InChI=1S/C12H26N4O/c1-12(2,3)15-11(13)14-5-4-6-16-7-9-17-10-8-16/h4-10H2,1-3H3,(H3,13,14,15). The highest BCUT2D eigenvalue weighted by Gasteiger charge is 2.10. The summed E-state index contributed by atoms with van der Waals surface area (Å²) in [7, 11) is 0. The van der Waals surface area contributed by atoms with Crippen molar-refractivity contribution in [2.24, 2.45) is 10.7 Å². The molecule has 5 heteroatoms. The molecule has 0 atom stereocenters. The van der Waals surface area contributed by atoms with Crippen molar-refractivity contribution in [2.75, 3.05) is 39.4 Å². The lowest BCUT2D eigenvalue weighted by Gasteiger charge is -2.26. The van der Waals surface area contributed by atoms with Gasteiger partial charge in [0.25, 0.3) is 0 Å². The number of ether oxygens (including phenoxy) is 1. The highest BCUT2D eigenvalue weighted by molar-refractivity contribution is 5.78. The molecule has 0 saturated carbocycles. The Morgan fingerprint density at radius 2 is 2.00 bits per heavy atom. The number of rotatable bonds is 4. The van der Waals surface area contributed by atoms with Gasteiger partial charge in [-0.3, -0.25) is 9.89 Å². The van der Waals surface area contributed by atoms with Crippen molar-refractivity contribution in [1.29, 1.82) is 0 Å². The van der Waals surface area contributed by atoms with Crippen LogP contribution in [-0.4, -0.2) is 55.8 Å². The third-order valence-electron chi connectivity index (χ3n) is 2.52. The van der Waals surface area contributed by atoms with Crippen LogP contribution in [0, 0.1) is 0 Å². The number of hydrogen-bond donors (Lipinski definition) is 2. The van der Waals surface area contributed by atoms with Gasteiger partial charge in [-0.25, -0.2) is 0 Å². The van der Waals surface area contributed by atoms with Gasteiger partial charge in [-0.1, -0.05) is 0 Å². The molecule has 1 fully saturated rings. The summed E-state index contributed by atoms with van der Waals surface area (Å²) in [6.45, 7) is 11.9. The zero-order chi connectivity index (χ0) is 12.7. The summed E-state index contributed by atoms with van der Waals surface area (Å²) in [6, 6.07) is 0. The molecule has 0 aromatic carbocycles. The van der Waals surface area contributed by atoms with Crippen molar-refractivity contribution in [1.82, 2.24) is 10.2 Å². The van der Waals surface area contributed by atoms with Crippen LogP contribution in [0.1, 0.15) is 27.2 Å². The topological polar surface area (TPSA) is 62.9 Å². The normalized spacial score (nSPS) is 19.4. The number of hydrogen-bond acceptors (Lipinski definition) is 3. The van der Waals surface area contributed by atoms with Gasteiger partial charge in [-0.05, 0) is 27.2 Å². The minimum atomic E-state index is -0.0161. The number of aliphatic imine (C=N–C) groups is 1. The van der Waals surface area contributed by atoms with Crippen molar-refractivity contribution < 1.29 is 4.74 Å². The Labute approximate surface area is 104 Å². The lowest BCUT2D eigenvalue weighted by molar-refractivity contribution is 0.0377. The summed E-state index contributed by atoms with van der Waals surface area (Å²) in [6.07, 6.45) is 1.05. The van der Waals surface area contributed by atoms with E-state index in [4.69, 9.17) is 10.5 Å². The van der Waals surface area contributed by atoms with Crippen molar-refractivity contribution in [3.8, 4) is 0 Å². The Bertz CT molecular complexity index is 241. The number of morpholine rings is 1. The van der Waals surface area contributed by atoms with Crippen LogP contribution in [0.25, 0.3) is 0 Å². The third kappa shape index (κ3) is 7.18. The van der Waals surface area contributed by atoms with Crippen molar-refractivity contribution in [2.45, 2.75) is 32.7 Å². The Morgan fingerprint density at radius 1 is 1.35 bits per heavy atom. The molecule has 0 aliphatic carbocycles. The van der Waals surface area contributed by atoms with Crippen LogP contribution in [0.2, 0.25) is 0 Å². The van der Waals surface area contributed by atoms with Gasteiger partial charge in [-0.15, -0.1) is 0 Å². The number of nitrogens with two attached hydrogens (primary N) is 1. The zero-order valence-corrected chi connectivity index (χ0v) is 11.3. The van der Waals surface area contributed by atoms with Crippen LogP contribution < -0.4 is 11.1 Å². The molecule has 1 heterocycles. The van der Waals surface area contributed by atoms with Crippen LogP contribution in [0.4, 0.5) is 0 Å². The van der Waals surface area contributed by atoms with E-state index in [1.165, 1.54) is 0 Å². The molecule has 1 aliphatic rings. The van der Waals surface area contributed by atoms with E-state index in [-0.39, 0.29) is 5.54 Å². The summed E-state index contributed by atoms with van der Waals surface area (Å²) in [5.41, 5.74) is 5.77. The smallest absolute Gasteiger partial charge is 0.188 e. The molecule has 0 unspecified atom stereocenters. The number of nitrogens with zero attached hydrogens (tertiary/aromatic N) is 2. The van der Waals surface area contributed by atoms with Gasteiger partial charge >= 0.3 is 0 Å². The Morgan fingerprint density at radius 3 is 2.59 bits per heavy atom. The second-order valence-corrected chi connectivity index (χ2v) is 5.45. The SMILES string of the molecule is CC(C)(C)NC(N)=NCCCN1CCOCC1. The fourth-order valence-corrected chi connectivity index (χ4v) is 1.74. The second-order valence-electron chi connectivity index (χ2n) is 5.45. The van der Waals surface area contributed by atoms with Gasteiger partial charge < -0.3 is 15.8 Å². The molecule has 0 spiro atoms. The number of guanidine groups is 1. The van der Waals surface area contributed by atoms with E-state index < -0.39 is 0 Å². The number of nitrogens with one attached hydrogen (secondary N) is 1. The first-order valence-electron chi connectivity index (χ1n) is 6.35. The summed E-state index contributed by atoms with van der Waals surface area (Å²) in [4.78, 5) is 6.73. The molecule has 100 valence electrons. The van der Waals surface area contributed by atoms with Gasteiger partial charge in [0.2, 0.25) is 0 Å². The molecule has 1 rings (SSSR count). The molecule has 0 aromatic heterocycles. The fourth-order valence-electron chi connectivity index (χ4n) is 1.74. The van der Waals surface area contributed by atoms with E-state index in [0.717, 1.165) is 45.8 Å². The maximum atomic E-state index is 5.78. The van der Waals surface area contributed by atoms with E-state index >= 15 is 0 Å². The fraction of sp³-hybridized carbons (Fsp3) is 0.917. The van der Waals surface area contributed by atoms with Crippen LogP contribution in [0.3, 0.4) is 0 Å². The first kappa shape index (κ1) is 14.3. The predicted octanol–water partition coefficient (Wildman–Crippen LogP) is 0.412. The highest BCUT2D eigenvalue weighted by atomic mass is 16.5. The zero-order valence-electron chi connectivity index (χ0n) is 11.3. The van der Waals surface area contributed by atoms with E-state index in [9.17, 15) is 0 Å². The van der Waals surface area contributed by atoms with Gasteiger partial charge in [0, 0.05) is 31.7 Å². The van der Waals surface area contributed by atoms with Gasteiger partial charge in [0.15, 0.2) is 5.96 Å². The van der Waals surface area contributed by atoms with Crippen LogP contribution >= 0.6 is 0 Å². The summed E-state index contributed by atoms with van der Waals surface area (Å²) >= 11 is 0. The molecular weight excluding hydrogens is 216 g/mol. The monoisotopic (exact) mass is 242 g/mol. The van der Waals surface area contributed by atoms with Crippen molar-refractivity contribution in [3.63, 3.8) is 0 Å². The molecule has 5 nitrogen and oxygen atoms in total. The third-order valence-corrected chi connectivity index (χ3v) is 2.52. The Hall–Kier alpha value is -0.810. The molecule has 1 saturated heterocycles. The molecule has 17 heavy (non-hydrogen) atoms. The van der Waals surface area contributed by atoms with E-state index in [1.807, 2.05) is 0 Å². The molecule has 1 aliphatic heterocycles. The first-order chi connectivity index (χ1) is 7.97. The minimum Gasteiger partial charge on any atom is -0.379 e. The van der Waals surface area contributed by atoms with Gasteiger partial charge in [0.05, 0.1) is 13.2 Å². The Kier molecular flexibility index (Phi) is 5.71. The van der Waals surface area contributed by atoms with E-state index in [2.05, 4.69) is 36.0 Å². The van der Waals surface area contributed by atoms with Gasteiger partial charge in [0.1, 0.15) is 0 Å². The molecule has 0 bridgehead atoms. The molecule has 0 amide bonds. The summed E-state index contributed by atoms with van der Waals surface area (Å²) < 4.78 is 5.30. The van der Waals surface area contributed by atoms with E-state index in [1.54, 1.807) is 0 Å². The lowest BCUT2D eigenvalue weighted by atomic mass is 10.1. The largest absolute Gasteiger partial charge is 0.379 e. The lowest BCUT2D eigenvalue weighted by Crippen LogP contribution is -2.45. The molecular formula is C12H26N4O. The molecule has 0 radical (unpaired) electrons. The quantitative estimate of drug-likeness (QED) is 0.426. The maximum absolute atomic E-state index is 5.78. The van der Waals surface area contributed by atoms with Crippen molar-refractivity contribution in [3.05, 3.63) is 0 Å². The molecule has 0 aromatic rings. The first-order valence-corrected chi connectivity index (χ1v) is 6.35. The van der Waals surface area contributed by atoms with Crippen LogP contribution in [0.15, 0.2) is 4.99 Å². The van der Waals surface area contributed by atoms with Crippen LogP contribution in [0.5, 0.6) is 0 Å². The minimum absolute atomic E-state index is 0.0161. The van der Waals surface area contributed by atoms with Crippen molar-refractivity contribution >= 4 is 5.96 Å². The summed E-state index contributed by atoms with van der Waals surface area (Å²) in [5, 5.41) is 3.15. The maximum Gasteiger partial charge on any atom is 0.188 e. The Balaban J connectivity index is 2.11. The average molecular weight is 242 g/mol. The predicted molar refractivity (Wildman–Crippen MR) is 71.3 cm³/mol. The highest BCUT2D eigenvalue weighted by Crippen LogP contribution is 1.99. The average Bonchev–Trinajstić information content (AvgIpc) is 2.23. The second kappa shape index (κ2) is 6.81. The van der Waals surface area contributed by atoms with Crippen LogP contribution in [-0.2, 0) is 4.74 Å². The van der Waals surface area contributed by atoms with Gasteiger partial charge in [-0.2, -0.15) is 0 Å². The van der Waals surface area contributed by atoms with E-state index in [0.29, 0.717) is 5.96 Å².